The zero-order valence-corrected chi connectivity index (χ0v) is 19.7. The minimum absolute atomic E-state index is 0.152. The van der Waals surface area contributed by atoms with Crippen molar-refractivity contribution in [3.63, 3.8) is 0 Å². The van der Waals surface area contributed by atoms with Crippen LogP contribution in [0.5, 0.6) is 5.75 Å². The number of benzene rings is 1. The summed E-state index contributed by atoms with van der Waals surface area (Å²) < 4.78 is 6.40. The number of hydrogen-bond donors (Lipinski definition) is 2. The van der Waals surface area contributed by atoms with E-state index in [0.29, 0.717) is 12.8 Å². The van der Waals surface area contributed by atoms with E-state index in [1.807, 2.05) is 53.7 Å². The Labute approximate surface area is 176 Å². The van der Waals surface area contributed by atoms with Crippen molar-refractivity contribution in [3.8, 4) is 5.75 Å². The normalized spacial score (nSPS) is 13.3. The van der Waals surface area contributed by atoms with Gasteiger partial charge in [0.15, 0.2) is 0 Å². The average molecular weight is 405 g/mol. The van der Waals surface area contributed by atoms with Gasteiger partial charge in [-0.05, 0) is 50.7 Å². The molecule has 1 rings (SSSR count). The molecule has 0 aliphatic rings. The van der Waals surface area contributed by atoms with Gasteiger partial charge in [-0.1, -0.05) is 59.2 Å². The molecule has 1 aromatic rings. The molecule has 164 valence electrons. The lowest BCUT2D eigenvalue weighted by molar-refractivity contribution is -0.128. The fourth-order valence-electron chi connectivity index (χ4n) is 4.29. The lowest BCUT2D eigenvalue weighted by Gasteiger charge is -2.36. The first-order chi connectivity index (χ1) is 12.9. The number of primary amides is 2. The van der Waals surface area contributed by atoms with E-state index in [2.05, 4.69) is 26.8 Å². The molecule has 0 bridgehead atoms. The summed E-state index contributed by atoms with van der Waals surface area (Å²) in [5, 5.41) is 0. The van der Waals surface area contributed by atoms with E-state index in [1.165, 1.54) is 0 Å². The SMILES string of the molecule is Cc1ccc(OC(C)(C)CC(C)(C)C(N)=O)c(CC(C)(C)CC(C)(C)C(N)=O)c1. The third-order valence-electron chi connectivity index (χ3n) is 5.39. The second kappa shape index (κ2) is 8.37. The summed E-state index contributed by atoms with van der Waals surface area (Å²) in [4.78, 5) is 23.6. The van der Waals surface area contributed by atoms with Gasteiger partial charge in [-0.2, -0.15) is 0 Å². The molecule has 0 aliphatic heterocycles. The fourth-order valence-corrected chi connectivity index (χ4v) is 4.29. The molecule has 29 heavy (non-hydrogen) atoms. The van der Waals surface area contributed by atoms with Crippen molar-refractivity contribution in [1.29, 1.82) is 0 Å². The second-order valence-corrected chi connectivity index (χ2v) is 11.2. The average Bonchev–Trinajstić information content (AvgIpc) is 2.47. The van der Waals surface area contributed by atoms with E-state index in [-0.39, 0.29) is 17.2 Å². The quantitative estimate of drug-likeness (QED) is 0.600. The largest absolute Gasteiger partial charge is 0.488 e. The van der Waals surface area contributed by atoms with Crippen LogP contribution in [0.1, 0.15) is 79.4 Å². The summed E-state index contributed by atoms with van der Waals surface area (Å²) in [6.07, 6.45) is 1.91. The van der Waals surface area contributed by atoms with Gasteiger partial charge >= 0.3 is 0 Å². The van der Waals surface area contributed by atoms with E-state index in [0.717, 1.165) is 23.3 Å². The molecular weight excluding hydrogens is 364 g/mol. The number of hydrogen-bond acceptors (Lipinski definition) is 3. The van der Waals surface area contributed by atoms with Crippen molar-refractivity contribution in [3.05, 3.63) is 29.3 Å². The first-order valence-corrected chi connectivity index (χ1v) is 10.3. The van der Waals surface area contributed by atoms with Crippen molar-refractivity contribution in [2.75, 3.05) is 0 Å². The Morgan fingerprint density at radius 2 is 1.34 bits per heavy atom. The molecular formula is C24H40N2O3. The third kappa shape index (κ3) is 7.37. The molecule has 0 unspecified atom stereocenters. The molecule has 4 N–H and O–H groups in total. The van der Waals surface area contributed by atoms with Crippen LogP contribution in [0.3, 0.4) is 0 Å². The summed E-state index contributed by atoms with van der Waals surface area (Å²) in [5.41, 5.74) is 11.4. The zero-order chi connectivity index (χ0) is 22.8. The number of ether oxygens (including phenoxy) is 1. The summed E-state index contributed by atoms with van der Waals surface area (Å²) in [6, 6.07) is 6.14. The topological polar surface area (TPSA) is 95.4 Å². The lowest BCUT2D eigenvalue weighted by atomic mass is 9.71. The molecule has 0 fully saturated rings. The van der Waals surface area contributed by atoms with Gasteiger partial charge in [0.2, 0.25) is 11.8 Å². The third-order valence-corrected chi connectivity index (χ3v) is 5.39. The van der Waals surface area contributed by atoms with Gasteiger partial charge in [0.1, 0.15) is 11.4 Å². The zero-order valence-electron chi connectivity index (χ0n) is 19.7. The number of aryl methyl sites for hydroxylation is 1. The minimum Gasteiger partial charge on any atom is -0.488 e. The molecule has 0 heterocycles. The van der Waals surface area contributed by atoms with Crippen LogP contribution in [0.25, 0.3) is 0 Å². The first-order valence-electron chi connectivity index (χ1n) is 10.3. The highest BCUT2D eigenvalue weighted by molar-refractivity contribution is 5.80. The number of nitrogens with two attached hydrogens (primary N) is 2. The van der Waals surface area contributed by atoms with Crippen LogP contribution in [-0.4, -0.2) is 17.4 Å². The van der Waals surface area contributed by atoms with Crippen LogP contribution in [0, 0.1) is 23.2 Å². The standard InChI is InChI=1S/C24H40N2O3/c1-16-10-11-18(29-24(8,9)15-23(6,7)20(26)28)17(12-16)13-21(2,3)14-22(4,5)19(25)27/h10-12H,13-15H2,1-9H3,(H2,25,27)(H2,26,28). The number of rotatable bonds is 10. The Hall–Kier alpha value is -2.04. The maximum atomic E-state index is 11.8. The fraction of sp³-hybridized carbons (Fsp3) is 0.667. The highest BCUT2D eigenvalue weighted by Gasteiger charge is 2.36. The Kier molecular flexibility index (Phi) is 7.21. The van der Waals surface area contributed by atoms with Gasteiger partial charge < -0.3 is 16.2 Å². The van der Waals surface area contributed by atoms with Crippen molar-refractivity contribution in [2.24, 2.45) is 27.7 Å². The Morgan fingerprint density at radius 1 is 0.862 bits per heavy atom. The first kappa shape index (κ1) is 25.0. The van der Waals surface area contributed by atoms with E-state index in [9.17, 15) is 9.59 Å². The smallest absolute Gasteiger partial charge is 0.223 e. The van der Waals surface area contributed by atoms with Gasteiger partial charge in [-0.15, -0.1) is 0 Å². The predicted molar refractivity (Wildman–Crippen MR) is 119 cm³/mol. The highest BCUT2D eigenvalue weighted by atomic mass is 16.5. The number of carbonyl (C=O) groups is 2. The molecule has 0 saturated carbocycles. The lowest BCUT2D eigenvalue weighted by Crippen LogP contribution is -2.41. The van der Waals surface area contributed by atoms with Crippen LogP contribution in [0.4, 0.5) is 0 Å². The molecule has 0 aliphatic carbocycles. The van der Waals surface area contributed by atoms with E-state index in [4.69, 9.17) is 16.2 Å². The monoisotopic (exact) mass is 404 g/mol. The van der Waals surface area contributed by atoms with Crippen molar-refractivity contribution in [1.82, 2.24) is 0 Å². The van der Waals surface area contributed by atoms with E-state index < -0.39 is 16.4 Å². The highest BCUT2D eigenvalue weighted by Crippen LogP contribution is 2.39. The maximum Gasteiger partial charge on any atom is 0.223 e. The molecule has 0 aromatic heterocycles. The summed E-state index contributed by atoms with van der Waals surface area (Å²) in [5.74, 6) is 0.167. The van der Waals surface area contributed by atoms with Gasteiger partial charge in [-0.25, -0.2) is 0 Å². The Balaban J connectivity index is 3.15. The molecule has 0 saturated heterocycles. The van der Waals surface area contributed by atoms with Gasteiger partial charge in [0, 0.05) is 17.3 Å². The molecule has 0 atom stereocenters. The van der Waals surface area contributed by atoms with Gasteiger partial charge in [-0.3, -0.25) is 9.59 Å². The van der Waals surface area contributed by atoms with Crippen molar-refractivity contribution in [2.45, 2.75) is 87.2 Å². The summed E-state index contributed by atoms with van der Waals surface area (Å²) in [7, 11) is 0. The number of amides is 2. The minimum atomic E-state index is -0.668. The Morgan fingerprint density at radius 3 is 1.83 bits per heavy atom. The van der Waals surface area contributed by atoms with Gasteiger partial charge in [0.25, 0.3) is 0 Å². The van der Waals surface area contributed by atoms with Crippen LogP contribution in [0.2, 0.25) is 0 Å². The maximum absolute atomic E-state index is 11.8. The number of carbonyl (C=O) groups excluding carboxylic acids is 2. The molecule has 0 spiro atoms. The van der Waals surface area contributed by atoms with Crippen LogP contribution in [0.15, 0.2) is 18.2 Å². The van der Waals surface area contributed by atoms with Crippen LogP contribution >= 0.6 is 0 Å². The molecule has 5 nitrogen and oxygen atoms in total. The molecule has 2 amide bonds. The Bertz CT molecular complexity index is 761. The summed E-state index contributed by atoms with van der Waals surface area (Å²) >= 11 is 0. The van der Waals surface area contributed by atoms with Crippen LogP contribution < -0.4 is 16.2 Å². The van der Waals surface area contributed by atoms with Crippen LogP contribution in [-0.2, 0) is 16.0 Å². The van der Waals surface area contributed by atoms with E-state index in [1.54, 1.807) is 0 Å². The van der Waals surface area contributed by atoms with E-state index >= 15 is 0 Å². The molecule has 1 aromatic carbocycles. The predicted octanol–water partition coefficient (Wildman–Crippen LogP) is 4.52. The van der Waals surface area contributed by atoms with Crippen molar-refractivity contribution >= 4 is 11.8 Å². The summed E-state index contributed by atoms with van der Waals surface area (Å²) in [6.45, 7) is 17.7. The van der Waals surface area contributed by atoms with Crippen molar-refractivity contribution < 1.29 is 14.3 Å². The van der Waals surface area contributed by atoms with Gasteiger partial charge in [0.05, 0.1) is 0 Å². The molecule has 0 radical (unpaired) electrons. The molecule has 5 heteroatoms. The second-order valence-electron chi connectivity index (χ2n) is 11.2.